The fourth-order valence-corrected chi connectivity index (χ4v) is 4.74. The molecule has 1 saturated heterocycles. The highest BCUT2D eigenvalue weighted by molar-refractivity contribution is 5.94. The maximum absolute atomic E-state index is 13.7. The van der Waals surface area contributed by atoms with Gasteiger partial charge in [-0.1, -0.05) is 18.2 Å². The maximum atomic E-state index is 13.7. The van der Waals surface area contributed by atoms with Gasteiger partial charge >= 0.3 is 5.97 Å². The number of carbonyl (C=O) groups is 1. The first-order valence-electron chi connectivity index (χ1n) is 10.6. The van der Waals surface area contributed by atoms with Gasteiger partial charge in [0.1, 0.15) is 6.07 Å². The second-order valence-electron chi connectivity index (χ2n) is 8.74. The van der Waals surface area contributed by atoms with Gasteiger partial charge in [-0.25, -0.2) is 23.5 Å². The Hall–Kier alpha value is -3.80. The lowest BCUT2D eigenvalue weighted by Gasteiger charge is -2.23. The van der Waals surface area contributed by atoms with Crippen LogP contribution in [-0.2, 0) is 0 Å². The third-order valence-electron chi connectivity index (χ3n) is 6.53. The SMILES string of the molecule is Cc1cc([C@@H](C)Nc2ccccc2C(=O)O)c2nc(N3CC4C(C3)C4(F)F)c(C#N)nc2c1. The van der Waals surface area contributed by atoms with E-state index in [-0.39, 0.29) is 30.4 Å². The lowest BCUT2D eigenvalue weighted by molar-refractivity contribution is 0.0697. The summed E-state index contributed by atoms with van der Waals surface area (Å²) in [5.41, 5.74) is 3.49. The summed E-state index contributed by atoms with van der Waals surface area (Å²) in [5.74, 6) is -4.76. The van der Waals surface area contributed by atoms with E-state index >= 15 is 0 Å². The molecule has 168 valence electrons. The van der Waals surface area contributed by atoms with E-state index in [9.17, 15) is 23.9 Å². The van der Waals surface area contributed by atoms with Crippen LogP contribution in [0.4, 0.5) is 20.3 Å². The highest BCUT2D eigenvalue weighted by Gasteiger charge is 2.72. The molecule has 1 aliphatic heterocycles. The molecule has 9 heteroatoms. The first-order chi connectivity index (χ1) is 15.7. The smallest absolute Gasteiger partial charge is 0.337 e. The monoisotopic (exact) mass is 449 g/mol. The molecule has 3 aromatic rings. The molecule has 2 heterocycles. The van der Waals surface area contributed by atoms with Crippen molar-refractivity contribution in [3.63, 3.8) is 0 Å². The van der Waals surface area contributed by atoms with E-state index < -0.39 is 23.7 Å². The Bertz CT molecular complexity index is 1320. The predicted octanol–water partition coefficient (Wildman–Crippen LogP) is 4.38. The van der Waals surface area contributed by atoms with E-state index in [0.717, 1.165) is 11.1 Å². The molecule has 1 saturated carbocycles. The van der Waals surface area contributed by atoms with Crippen molar-refractivity contribution in [1.82, 2.24) is 9.97 Å². The Balaban J connectivity index is 1.55. The first kappa shape index (κ1) is 21.1. The van der Waals surface area contributed by atoms with Gasteiger partial charge in [-0.2, -0.15) is 5.26 Å². The van der Waals surface area contributed by atoms with Crippen molar-refractivity contribution in [2.24, 2.45) is 11.8 Å². The Morgan fingerprint density at radius 3 is 2.64 bits per heavy atom. The standard InChI is InChI=1S/C24H21F2N5O2/c1-12-7-15(13(2)28-18-6-4-3-5-14(18)23(32)33)21-19(8-12)29-20(9-27)22(30-21)31-10-16-17(11-31)24(16,25)26/h3-8,13,16-17,28H,10-11H2,1-2H3,(H,32,33)/t13-,16?,17?/m1/s1. The van der Waals surface area contributed by atoms with Gasteiger partial charge in [0.2, 0.25) is 0 Å². The van der Waals surface area contributed by atoms with Gasteiger partial charge in [0.15, 0.2) is 11.5 Å². The average Bonchev–Trinajstić information content (AvgIpc) is 3.11. The van der Waals surface area contributed by atoms with Gasteiger partial charge in [-0.3, -0.25) is 0 Å². The van der Waals surface area contributed by atoms with Crippen molar-refractivity contribution in [2.45, 2.75) is 25.8 Å². The zero-order valence-electron chi connectivity index (χ0n) is 18.0. The van der Waals surface area contributed by atoms with Crippen LogP contribution in [-0.4, -0.2) is 40.1 Å². The maximum Gasteiger partial charge on any atom is 0.337 e. The van der Waals surface area contributed by atoms with E-state index in [4.69, 9.17) is 4.98 Å². The van der Waals surface area contributed by atoms with Crippen molar-refractivity contribution >= 4 is 28.5 Å². The van der Waals surface area contributed by atoms with Crippen LogP contribution in [0.5, 0.6) is 0 Å². The van der Waals surface area contributed by atoms with Gasteiger partial charge in [0.05, 0.1) is 34.5 Å². The third kappa shape index (κ3) is 3.42. The molecule has 7 nitrogen and oxygen atoms in total. The fourth-order valence-electron chi connectivity index (χ4n) is 4.74. The Labute approximate surface area is 188 Å². The highest BCUT2D eigenvalue weighted by Crippen LogP contribution is 2.59. The number of nitrogens with zero attached hydrogens (tertiary/aromatic N) is 4. The summed E-state index contributed by atoms with van der Waals surface area (Å²) in [6.07, 6.45) is 0. The summed E-state index contributed by atoms with van der Waals surface area (Å²) in [4.78, 5) is 22.5. The van der Waals surface area contributed by atoms with Crippen LogP contribution < -0.4 is 10.2 Å². The molecule has 2 N–H and O–H groups in total. The van der Waals surface area contributed by atoms with E-state index in [1.54, 1.807) is 23.1 Å². The number of halogens is 2. The molecule has 2 aromatic carbocycles. The number of fused-ring (bicyclic) bond motifs is 2. The van der Waals surface area contributed by atoms with Crippen molar-refractivity contribution in [3.05, 3.63) is 58.8 Å². The molecule has 0 amide bonds. The van der Waals surface area contributed by atoms with E-state index in [1.807, 2.05) is 26.0 Å². The molecular formula is C24H21F2N5O2. The number of alkyl halides is 2. The minimum Gasteiger partial charge on any atom is -0.478 e. The average molecular weight is 449 g/mol. The Kier molecular flexibility index (Phi) is 4.71. The number of aromatic carboxylic acids is 1. The molecule has 2 fully saturated rings. The van der Waals surface area contributed by atoms with Crippen molar-refractivity contribution in [2.75, 3.05) is 23.3 Å². The van der Waals surface area contributed by atoms with Crippen molar-refractivity contribution in [3.8, 4) is 6.07 Å². The number of aromatic nitrogens is 2. The number of piperidine rings is 1. The van der Waals surface area contributed by atoms with Gasteiger partial charge < -0.3 is 15.3 Å². The number of hydrogen-bond acceptors (Lipinski definition) is 6. The van der Waals surface area contributed by atoms with Crippen molar-refractivity contribution in [1.29, 1.82) is 5.26 Å². The van der Waals surface area contributed by atoms with Gasteiger partial charge in [0.25, 0.3) is 5.92 Å². The molecule has 3 atom stereocenters. The lowest BCUT2D eigenvalue weighted by Crippen LogP contribution is -2.29. The molecule has 0 radical (unpaired) electrons. The molecule has 0 bridgehead atoms. The normalized spacial score (nSPS) is 21.4. The van der Waals surface area contributed by atoms with Gasteiger partial charge in [0, 0.05) is 24.3 Å². The minimum atomic E-state index is -2.63. The largest absolute Gasteiger partial charge is 0.478 e. The summed E-state index contributed by atoms with van der Waals surface area (Å²) in [7, 11) is 0. The molecule has 0 spiro atoms. The number of carboxylic acids is 1. The number of aryl methyl sites for hydroxylation is 1. The molecule has 1 aliphatic carbocycles. The van der Waals surface area contributed by atoms with Crippen LogP contribution in [0.3, 0.4) is 0 Å². The summed E-state index contributed by atoms with van der Waals surface area (Å²) in [6.45, 7) is 4.08. The van der Waals surface area contributed by atoms with Crippen LogP contribution in [0.25, 0.3) is 11.0 Å². The fraction of sp³-hybridized carbons (Fsp3) is 0.333. The van der Waals surface area contributed by atoms with E-state index in [0.29, 0.717) is 22.5 Å². The van der Waals surface area contributed by atoms with Crippen LogP contribution in [0.2, 0.25) is 0 Å². The van der Waals surface area contributed by atoms with Gasteiger partial charge in [-0.05, 0) is 37.6 Å². The topological polar surface area (TPSA) is 102 Å². The highest BCUT2D eigenvalue weighted by atomic mass is 19.3. The number of nitriles is 1. The number of para-hydroxylation sites is 1. The molecular weight excluding hydrogens is 428 g/mol. The lowest BCUT2D eigenvalue weighted by atomic mass is 10.0. The second kappa shape index (κ2) is 7.37. The quantitative estimate of drug-likeness (QED) is 0.596. The number of nitrogens with one attached hydrogen (secondary N) is 1. The summed E-state index contributed by atoms with van der Waals surface area (Å²) in [5, 5.41) is 22.4. The zero-order chi connectivity index (χ0) is 23.5. The molecule has 2 unspecified atom stereocenters. The third-order valence-corrected chi connectivity index (χ3v) is 6.53. The number of benzene rings is 2. The van der Waals surface area contributed by atoms with E-state index in [1.165, 1.54) is 6.07 Å². The minimum absolute atomic E-state index is 0.112. The number of rotatable bonds is 5. The molecule has 33 heavy (non-hydrogen) atoms. The predicted molar refractivity (Wildman–Crippen MR) is 119 cm³/mol. The molecule has 1 aromatic heterocycles. The number of anilines is 2. The van der Waals surface area contributed by atoms with Gasteiger partial charge in [-0.15, -0.1) is 0 Å². The number of hydrogen-bond donors (Lipinski definition) is 2. The second-order valence-corrected chi connectivity index (χ2v) is 8.74. The summed E-state index contributed by atoms with van der Waals surface area (Å²) in [6, 6.07) is 12.1. The first-order valence-corrected chi connectivity index (χ1v) is 10.6. The zero-order valence-corrected chi connectivity index (χ0v) is 18.0. The van der Waals surface area contributed by atoms with Crippen LogP contribution >= 0.6 is 0 Å². The Morgan fingerprint density at radius 2 is 1.97 bits per heavy atom. The molecule has 2 aliphatic rings. The van der Waals surface area contributed by atoms with Crippen LogP contribution in [0, 0.1) is 30.1 Å². The van der Waals surface area contributed by atoms with Crippen molar-refractivity contribution < 1.29 is 18.7 Å². The Morgan fingerprint density at radius 1 is 1.27 bits per heavy atom. The van der Waals surface area contributed by atoms with Crippen LogP contribution in [0.15, 0.2) is 36.4 Å². The van der Waals surface area contributed by atoms with Crippen LogP contribution in [0.1, 0.15) is 40.1 Å². The number of carboxylic acid groups (broad SMARTS) is 1. The summed E-state index contributed by atoms with van der Waals surface area (Å²) < 4.78 is 27.4. The summed E-state index contributed by atoms with van der Waals surface area (Å²) >= 11 is 0. The van der Waals surface area contributed by atoms with E-state index in [2.05, 4.69) is 16.4 Å². The molecule has 5 rings (SSSR count).